The Balaban J connectivity index is 2.03. The minimum atomic E-state index is 0.450. The molecule has 0 aliphatic heterocycles. The van der Waals surface area contributed by atoms with Crippen LogP contribution in [0.25, 0.3) is 0 Å². The second-order valence-electron chi connectivity index (χ2n) is 6.06. The molecule has 0 saturated heterocycles. The molecule has 0 amide bonds. The number of hydrogen-bond acceptors (Lipinski definition) is 0. The van der Waals surface area contributed by atoms with E-state index in [4.69, 9.17) is 0 Å². The lowest BCUT2D eigenvalue weighted by Gasteiger charge is -2.33. The first kappa shape index (κ1) is 9.45. The van der Waals surface area contributed by atoms with Crippen molar-refractivity contribution in [2.75, 3.05) is 0 Å². The van der Waals surface area contributed by atoms with Gasteiger partial charge in [0.25, 0.3) is 0 Å². The van der Waals surface area contributed by atoms with E-state index in [1.165, 1.54) is 24.8 Å². The Morgan fingerprint density at radius 1 is 1.13 bits per heavy atom. The third-order valence-electron chi connectivity index (χ3n) is 5.35. The Morgan fingerprint density at radius 2 is 1.80 bits per heavy atom. The van der Waals surface area contributed by atoms with Crippen LogP contribution in [0.15, 0.2) is 24.3 Å². The molecule has 0 spiro atoms. The maximum Gasteiger partial charge on any atom is -0.00187 e. The molecule has 3 rings (SSSR count). The van der Waals surface area contributed by atoms with Crippen LogP contribution in [0.3, 0.4) is 0 Å². The third-order valence-corrected chi connectivity index (χ3v) is 5.35. The van der Waals surface area contributed by atoms with Crippen molar-refractivity contribution in [3.05, 3.63) is 35.4 Å². The van der Waals surface area contributed by atoms with E-state index < -0.39 is 0 Å². The fourth-order valence-electron chi connectivity index (χ4n) is 3.69. The van der Waals surface area contributed by atoms with Crippen LogP contribution in [-0.2, 0) is 5.41 Å². The van der Waals surface area contributed by atoms with Crippen LogP contribution in [0.1, 0.15) is 44.2 Å². The molecule has 2 aliphatic rings. The number of rotatable bonds is 1. The quantitative estimate of drug-likeness (QED) is 0.641. The SMILES string of the molecule is Cc1ccc(C2(C)CCC3CC32C)cc1. The van der Waals surface area contributed by atoms with Crippen LogP contribution in [-0.4, -0.2) is 0 Å². The maximum atomic E-state index is 2.49. The smallest absolute Gasteiger partial charge is 0.00187 e. The van der Waals surface area contributed by atoms with Gasteiger partial charge in [-0.25, -0.2) is 0 Å². The number of aryl methyl sites for hydroxylation is 1. The van der Waals surface area contributed by atoms with E-state index in [0.29, 0.717) is 10.8 Å². The Hall–Kier alpha value is -0.780. The summed E-state index contributed by atoms with van der Waals surface area (Å²) in [6.45, 7) is 7.14. The Labute approximate surface area is 92.7 Å². The van der Waals surface area contributed by atoms with E-state index in [1.807, 2.05) is 0 Å². The van der Waals surface area contributed by atoms with E-state index in [9.17, 15) is 0 Å². The normalized spacial score (nSPS) is 42.7. The first-order chi connectivity index (χ1) is 7.06. The average molecular weight is 200 g/mol. The molecule has 0 nitrogen and oxygen atoms in total. The van der Waals surface area contributed by atoms with Gasteiger partial charge in [0.1, 0.15) is 0 Å². The fraction of sp³-hybridized carbons (Fsp3) is 0.600. The molecular weight excluding hydrogens is 180 g/mol. The van der Waals surface area contributed by atoms with Crippen molar-refractivity contribution in [2.24, 2.45) is 11.3 Å². The molecule has 15 heavy (non-hydrogen) atoms. The van der Waals surface area contributed by atoms with E-state index in [2.05, 4.69) is 45.0 Å². The molecular formula is C15H20. The summed E-state index contributed by atoms with van der Waals surface area (Å²) in [7, 11) is 0. The van der Waals surface area contributed by atoms with Crippen molar-refractivity contribution in [1.82, 2.24) is 0 Å². The minimum Gasteiger partial charge on any atom is -0.0590 e. The van der Waals surface area contributed by atoms with E-state index in [1.54, 1.807) is 5.56 Å². The average Bonchev–Trinajstić information content (AvgIpc) is 2.82. The second-order valence-corrected chi connectivity index (χ2v) is 6.06. The molecule has 2 fully saturated rings. The topological polar surface area (TPSA) is 0 Å². The van der Waals surface area contributed by atoms with Crippen LogP contribution in [0.5, 0.6) is 0 Å². The Bertz CT molecular complexity index is 387. The number of benzene rings is 1. The van der Waals surface area contributed by atoms with Crippen LogP contribution >= 0.6 is 0 Å². The maximum absolute atomic E-state index is 2.49. The predicted molar refractivity (Wildman–Crippen MR) is 64.0 cm³/mol. The zero-order chi connectivity index (χ0) is 10.7. The van der Waals surface area contributed by atoms with Gasteiger partial charge in [0.2, 0.25) is 0 Å². The Morgan fingerprint density at radius 3 is 2.27 bits per heavy atom. The molecule has 2 aliphatic carbocycles. The summed E-state index contributed by atoms with van der Waals surface area (Å²) in [6.07, 6.45) is 4.29. The molecule has 80 valence electrons. The van der Waals surface area contributed by atoms with Gasteiger partial charge in [-0.3, -0.25) is 0 Å². The summed E-state index contributed by atoms with van der Waals surface area (Å²) in [6, 6.07) is 9.22. The monoisotopic (exact) mass is 200 g/mol. The predicted octanol–water partition coefficient (Wildman–Crippen LogP) is 4.07. The zero-order valence-electron chi connectivity index (χ0n) is 10.0. The highest BCUT2D eigenvalue weighted by atomic mass is 14.7. The van der Waals surface area contributed by atoms with Gasteiger partial charge in [0.05, 0.1) is 0 Å². The Kier molecular flexibility index (Phi) is 1.68. The van der Waals surface area contributed by atoms with Gasteiger partial charge >= 0.3 is 0 Å². The summed E-state index contributed by atoms with van der Waals surface area (Å²) >= 11 is 0. The van der Waals surface area contributed by atoms with E-state index in [0.717, 1.165) is 5.92 Å². The van der Waals surface area contributed by atoms with E-state index >= 15 is 0 Å². The molecule has 0 heteroatoms. The summed E-state index contributed by atoms with van der Waals surface area (Å²) in [4.78, 5) is 0. The summed E-state index contributed by atoms with van der Waals surface area (Å²) in [5, 5.41) is 0. The lowest BCUT2D eigenvalue weighted by molar-refractivity contribution is 0.311. The molecule has 0 bridgehead atoms. The molecule has 1 aromatic carbocycles. The van der Waals surface area contributed by atoms with Gasteiger partial charge in [0.15, 0.2) is 0 Å². The molecule has 0 heterocycles. The van der Waals surface area contributed by atoms with Crippen LogP contribution < -0.4 is 0 Å². The lowest BCUT2D eigenvalue weighted by atomic mass is 9.70. The van der Waals surface area contributed by atoms with Crippen LogP contribution in [0, 0.1) is 18.3 Å². The molecule has 3 atom stereocenters. The van der Waals surface area contributed by atoms with Crippen molar-refractivity contribution in [2.45, 2.75) is 45.4 Å². The van der Waals surface area contributed by atoms with Crippen molar-refractivity contribution in [1.29, 1.82) is 0 Å². The molecule has 3 unspecified atom stereocenters. The van der Waals surface area contributed by atoms with Gasteiger partial charge < -0.3 is 0 Å². The summed E-state index contributed by atoms with van der Waals surface area (Å²) < 4.78 is 0. The highest BCUT2D eigenvalue weighted by molar-refractivity contribution is 5.36. The van der Waals surface area contributed by atoms with Crippen LogP contribution in [0.2, 0.25) is 0 Å². The third kappa shape index (κ3) is 1.08. The van der Waals surface area contributed by atoms with Crippen molar-refractivity contribution < 1.29 is 0 Å². The van der Waals surface area contributed by atoms with Crippen molar-refractivity contribution in [3.8, 4) is 0 Å². The fourth-order valence-corrected chi connectivity index (χ4v) is 3.69. The van der Waals surface area contributed by atoms with Crippen LogP contribution in [0.4, 0.5) is 0 Å². The van der Waals surface area contributed by atoms with E-state index in [-0.39, 0.29) is 0 Å². The highest BCUT2D eigenvalue weighted by Crippen LogP contribution is 2.72. The molecule has 2 saturated carbocycles. The first-order valence-corrected chi connectivity index (χ1v) is 6.13. The summed E-state index contributed by atoms with van der Waals surface area (Å²) in [5.41, 5.74) is 4.00. The van der Waals surface area contributed by atoms with Gasteiger partial charge in [-0.05, 0) is 48.5 Å². The second kappa shape index (κ2) is 2.66. The molecule has 0 radical (unpaired) electrons. The van der Waals surface area contributed by atoms with Gasteiger partial charge in [-0.2, -0.15) is 0 Å². The molecule has 0 N–H and O–H groups in total. The van der Waals surface area contributed by atoms with Crippen molar-refractivity contribution in [3.63, 3.8) is 0 Å². The standard InChI is InChI=1S/C15H20/c1-11-4-6-12(7-5-11)14(2)9-8-13-10-15(13,14)3/h4-7,13H,8-10H2,1-3H3. The zero-order valence-corrected chi connectivity index (χ0v) is 10.0. The molecule has 0 aromatic heterocycles. The highest BCUT2D eigenvalue weighted by Gasteiger charge is 2.65. The number of fused-ring (bicyclic) bond motifs is 1. The minimum absolute atomic E-state index is 0.450. The van der Waals surface area contributed by atoms with Gasteiger partial charge in [0, 0.05) is 0 Å². The number of hydrogen-bond donors (Lipinski definition) is 0. The largest absolute Gasteiger partial charge is 0.0590 e. The lowest BCUT2D eigenvalue weighted by Crippen LogP contribution is -2.28. The first-order valence-electron chi connectivity index (χ1n) is 6.13. The summed E-state index contributed by atoms with van der Waals surface area (Å²) in [5.74, 6) is 1.02. The van der Waals surface area contributed by atoms with Crippen molar-refractivity contribution >= 4 is 0 Å². The van der Waals surface area contributed by atoms with Gasteiger partial charge in [-0.15, -0.1) is 0 Å². The van der Waals surface area contributed by atoms with Gasteiger partial charge in [-0.1, -0.05) is 43.7 Å². The molecule has 1 aromatic rings.